The molecule has 1 aromatic heterocycles. The van der Waals surface area contributed by atoms with Gasteiger partial charge in [-0.2, -0.15) is 0 Å². The van der Waals surface area contributed by atoms with Crippen LogP contribution in [0.25, 0.3) is 0 Å². The smallest absolute Gasteiger partial charge is 0.289 e. The summed E-state index contributed by atoms with van der Waals surface area (Å²) in [5.74, 6) is -4.19. The highest BCUT2D eigenvalue weighted by Gasteiger charge is 2.54. The minimum atomic E-state index is -0.985. The molecule has 12 heteroatoms. The molecular weight excluding hydrogens is 624 g/mol. The van der Waals surface area contributed by atoms with Gasteiger partial charge in [0, 0.05) is 24.4 Å². The van der Waals surface area contributed by atoms with E-state index in [1.807, 2.05) is 41.5 Å². The Balaban J connectivity index is 1.56. The topological polar surface area (TPSA) is 176 Å². The molecule has 8 atom stereocenters. The van der Waals surface area contributed by atoms with Crippen molar-refractivity contribution in [3.8, 4) is 0 Å². The van der Waals surface area contributed by atoms with E-state index >= 15 is 0 Å². The largest absolute Gasteiger partial charge is 0.347 e. The van der Waals surface area contributed by atoms with Gasteiger partial charge in [-0.05, 0) is 68.6 Å². The molecule has 0 radical (unpaired) electrons. The van der Waals surface area contributed by atoms with Crippen LogP contribution in [-0.4, -0.2) is 69.3 Å². The van der Waals surface area contributed by atoms with E-state index in [9.17, 15) is 28.8 Å². The quantitative estimate of drug-likeness (QED) is 0.203. The highest BCUT2D eigenvalue weighted by Crippen LogP contribution is 2.52. The highest BCUT2D eigenvalue weighted by atomic mass is 16.2. The van der Waals surface area contributed by atoms with Crippen LogP contribution in [0.2, 0.25) is 0 Å². The van der Waals surface area contributed by atoms with Gasteiger partial charge in [0.25, 0.3) is 11.8 Å². The van der Waals surface area contributed by atoms with E-state index in [1.165, 1.54) is 18.6 Å². The molecule has 0 spiro atoms. The predicted molar refractivity (Wildman–Crippen MR) is 184 cm³/mol. The fourth-order valence-corrected chi connectivity index (χ4v) is 8.13. The van der Waals surface area contributed by atoms with Gasteiger partial charge in [-0.25, -0.2) is 4.98 Å². The van der Waals surface area contributed by atoms with Crippen molar-refractivity contribution in [1.82, 2.24) is 31.2 Å². The Kier molecular flexibility index (Phi) is 13.1. The van der Waals surface area contributed by atoms with E-state index in [-0.39, 0.29) is 41.2 Å². The molecule has 3 fully saturated rings. The first-order chi connectivity index (χ1) is 23.3. The van der Waals surface area contributed by atoms with Crippen molar-refractivity contribution in [2.24, 2.45) is 35.0 Å². The molecule has 3 aliphatic carbocycles. The second kappa shape index (κ2) is 16.8. The van der Waals surface area contributed by atoms with Crippen molar-refractivity contribution in [2.45, 2.75) is 136 Å². The van der Waals surface area contributed by atoms with Crippen LogP contribution in [0.5, 0.6) is 0 Å². The molecule has 0 saturated heterocycles. The molecule has 4 rings (SSSR count). The van der Waals surface area contributed by atoms with Gasteiger partial charge in [-0.15, -0.1) is 0 Å². The lowest BCUT2D eigenvalue weighted by Crippen LogP contribution is -2.59. The molecule has 49 heavy (non-hydrogen) atoms. The molecule has 3 saturated carbocycles. The Morgan fingerprint density at radius 2 is 1.61 bits per heavy atom. The van der Waals surface area contributed by atoms with Crippen molar-refractivity contribution in [2.75, 3.05) is 0 Å². The van der Waals surface area contributed by atoms with Gasteiger partial charge in [-0.3, -0.25) is 33.8 Å². The molecule has 0 aliphatic heterocycles. The maximum atomic E-state index is 14.6. The van der Waals surface area contributed by atoms with E-state index < -0.39 is 58.9 Å². The summed E-state index contributed by atoms with van der Waals surface area (Å²) in [6, 6.07) is -2.95. The lowest BCUT2D eigenvalue weighted by atomic mass is 9.75. The van der Waals surface area contributed by atoms with Crippen LogP contribution in [0.3, 0.4) is 0 Å². The van der Waals surface area contributed by atoms with E-state index in [2.05, 4.69) is 31.2 Å². The van der Waals surface area contributed by atoms with E-state index in [0.29, 0.717) is 25.7 Å². The second-order valence-electron chi connectivity index (χ2n) is 15.5. The summed E-state index contributed by atoms with van der Waals surface area (Å²) >= 11 is 0. The molecule has 3 aliphatic rings. The van der Waals surface area contributed by atoms with Crippen LogP contribution in [0, 0.1) is 35.0 Å². The third-order valence-electron chi connectivity index (χ3n) is 10.9. The minimum Gasteiger partial charge on any atom is -0.347 e. The molecule has 1 heterocycles. The van der Waals surface area contributed by atoms with Crippen LogP contribution in [0.4, 0.5) is 0 Å². The summed E-state index contributed by atoms with van der Waals surface area (Å²) in [6.45, 7) is 11.3. The monoisotopic (exact) mass is 680 g/mol. The van der Waals surface area contributed by atoms with Gasteiger partial charge in [0.1, 0.15) is 11.7 Å². The number of hydrogen-bond donors (Lipinski definition) is 4. The Morgan fingerprint density at radius 1 is 0.898 bits per heavy atom. The number of rotatable bonds is 15. The number of Topliss-reactive ketones (excluding diaryl/α,β-unsaturated/α-hetero) is 2. The van der Waals surface area contributed by atoms with Gasteiger partial charge >= 0.3 is 0 Å². The second-order valence-corrected chi connectivity index (χ2v) is 15.5. The summed E-state index contributed by atoms with van der Waals surface area (Å²) in [6.07, 6.45) is 12.4. The zero-order valence-electron chi connectivity index (χ0n) is 30.1. The first kappa shape index (κ1) is 38.1. The maximum absolute atomic E-state index is 14.6. The third kappa shape index (κ3) is 9.30. The van der Waals surface area contributed by atoms with E-state index in [1.54, 1.807) is 0 Å². The Morgan fingerprint density at radius 3 is 2.22 bits per heavy atom. The summed E-state index contributed by atoms with van der Waals surface area (Å²) in [4.78, 5) is 89.9. The molecule has 0 aromatic carbocycles. The molecule has 0 bridgehead atoms. The fourth-order valence-electron chi connectivity index (χ4n) is 8.13. The average Bonchev–Trinajstić information content (AvgIpc) is 3.83. The first-order valence-corrected chi connectivity index (χ1v) is 18.3. The zero-order chi connectivity index (χ0) is 35.9. The van der Waals surface area contributed by atoms with Crippen LogP contribution in [-0.2, 0) is 24.0 Å². The van der Waals surface area contributed by atoms with Gasteiger partial charge in [0.2, 0.25) is 17.6 Å². The number of nitrogens with one attached hydrogen (secondary N) is 4. The van der Waals surface area contributed by atoms with Crippen molar-refractivity contribution < 1.29 is 28.8 Å². The van der Waals surface area contributed by atoms with Gasteiger partial charge in [-0.1, -0.05) is 66.7 Å². The number of nitrogens with zero attached hydrogens (tertiary/aromatic N) is 2. The minimum absolute atomic E-state index is 0.0194. The summed E-state index contributed by atoms with van der Waals surface area (Å²) in [7, 11) is 0. The van der Waals surface area contributed by atoms with Crippen molar-refractivity contribution in [1.29, 1.82) is 0 Å². The number of fused-ring (bicyclic) bond motifs is 1. The zero-order valence-corrected chi connectivity index (χ0v) is 30.1. The number of amides is 4. The first-order valence-electron chi connectivity index (χ1n) is 18.3. The van der Waals surface area contributed by atoms with E-state index in [4.69, 9.17) is 0 Å². The molecule has 1 unspecified atom stereocenters. The number of hydrogen-bond acceptors (Lipinski definition) is 8. The standard InChI is InChI=1S/C37H56N6O6/c1-7-12-26(31(45)36(49)40-21(3)8-2)41-34(47)28-24-16-11-15-23(24)19-25(28)30(44)32(37(4,5)6)43-35(48)29(22-13-9-10-14-22)42-33(46)27-20-38-17-18-39-27/h17-18,20-26,28-29,32H,7-16,19H2,1-6H3,(H,40,49)(H,41,47)(H,42,46)(H,43,48)/t21-,23-,24-,25?,26-,28+,29-,32+/m0/s1. The van der Waals surface area contributed by atoms with Gasteiger partial charge in [0.15, 0.2) is 5.78 Å². The molecule has 12 nitrogen and oxygen atoms in total. The number of carbonyl (C=O) groups is 6. The predicted octanol–water partition coefficient (Wildman–Crippen LogP) is 3.69. The lowest BCUT2D eigenvalue weighted by Gasteiger charge is -2.36. The number of ketones is 2. The molecule has 4 amide bonds. The van der Waals surface area contributed by atoms with Crippen molar-refractivity contribution in [3.05, 3.63) is 24.3 Å². The average molecular weight is 681 g/mol. The lowest BCUT2D eigenvalue weighted by molar-refractivity contribution is -0.142. The third-order valence-corrected chi connectivity index (χ3v) is 10.9. The molecule has 1 aromatic rings. The van der Waals surface area contributed by atoms with Gasteiger partial charge < -0.3 is 21.3 Å². The Bertz CT molecular complexity index is 1360. The highest BCUT2D eigenvalue weighted by molar-refractivity contribution is 6.38. The maximum Gasteiger partial charge on any atom is 0.289 e. The van der Waals surface area contributed by atoms with Crippen LogP contribution in [0.1, 0.15) is 123 Å². The van der Waals surface area contributed by atoms with Crippen LogP contribution in [0.15, 0.2) is 18.6 Å². The van der Waals surface area contributed by atoms with Crippen molar-refractivity contribution >= 4 is 35.2 Å². The normalized spacial score (nSPS) is 24.6. The Hall–Kier alpha value is -3.70. The van der Waals surface area contributed by atoms with Crippen LogP contribution >= 0.6 is 0 Å². The van der Waals surface area contributed by atoms with Crippen LogP contribution < -0.4 is 21.3 Å². The number of carbonyl (C=O) groups excluding carboxylic acids is 6. The van der Waals surface area contributed by atoms with Gasteiger partial charge in [0.05, 0.1) is 24.2 Å². The Labute approximate surface area is 290 Å². The fraction of sp³-hybridized carbons (Fsp3) is 0.730. The summed E-state index contributed by atoms with van der Waals surface area (Å²) in [5.41, 5.74) is -0.597. The number of aromatic nitrogens is 2. The molecule has 270 valence electrons. The molecular formula is C37H56N6O6. The summed E-state index contributed by atoms with van der Waals surface area (Å²) in [5, 5.41) is 11.5. The summed E-state index contributed by atoms with van der Waals surface area (Å²) < 4.78 is 0. The van der Waals surface area contributed by atoms with Crippen molar-refractivity contribution in [3.63, 3.8) is 0 Å². The molecule has 4 N–H and O–H groups in total. The SMILES string of the molecule is CCC[C@H](NC(=O)[C@H]1C(C(=O)[C@@H](NC(=O)[C@@H](NC(=O)c2cnccn2)C2CCCC2)C(C)(C)C)C[C@@H]2CCC[C@@H]21)C(=O)C(=O)N[C@@H](C)CC. The van der Waals surface area contributed by atoms with E-state index in [0.717, 1.165) is 44.9 Å².